The van der Waals surface area contributed by atoms with E-state index in [4.69, 9.17) is 10.5 Å². The van der Waals surface area contributed by atoms with Crippen LogP contribution in [-0.4, -0.2) is 22.1 Å². The number of H-pyrrole nitrogens is 1. The Balaban J connectivity index is 1.74. The van der Waals surface area contributed by atoms with Gasteiger partial charge in [-0.2, -0.15) is 0 Å². The minimum atomic E-state index is -0.121. The fourth-order valence-corrected chi connectivity index (χ4v) is 2.90. The number of nitrogens with zero attached hydrogens (tertiary/aromatic N) is 1. The second-order valence-corrected chi connectivity index (χ2v) is 5.68. The molecule has 112 valence electrons. The maximum atomic E-state index is 12.0. The second kappa shape index (κ2) is 6.37. The van der Waals surface area contributed by atoms with E-state index in [0.717, 1.165) is 19.3 Å². The number of nitrogens with one attached hydrogen (secondary N) is 1. The minimum absolute atomic E-state index is 0.0595. The molecule has 0 bridgehead atoms. The van der Waals surface area contributed by atoms with E-state index < -0.39 is 0 Å². The Kier molecular flexibility index (Phi) is 4.31. The lowest BCUT2D eigenvalue weighted by atomic mass is 10.1. The van der Waals surface area contributed by atoms with Crippen molar-refractivity contribution in [2.45, 2.75) is 50.9 Å². The van der Waals surface area contributed by atoms with E-state index in [-0.39, 0.29) is 17.7 Å². The number of ether oxygens (including phenoxy) is 1. The van der Waals surface area contributed by atoms with E-state index in [1.54, 1.807) is 6.07 Å². The highest BCUT2D eigenvalue weighted by Crippen LogP contribution is 2.20. The molecule has 1 fully saturated rings. The summed E-state index contributed by atoms with van der Waals surface area (Å²) < 4.78 is 5.91. The Morgan fingerprint density at radius 2 is 2.05 bits per heavy atom. The first kappa shape index (κ1) is 14.2. The van der Waals surface area contributed by atoms with Gasteiger partial charge in [-0.05, 0) is 25.0 Å². The molecule has 3 rings (SSSR count). The molecule has 1 saturated carbocycles. The van der Waals surface area contributed by atoms with Crippen LogP contribution < -0.4 is 11.3 Å². The van der Waals surface area contributed by atoms with Gasteiger partial charge in [0.2, 0.25) is 0 Å². The van der Waals surface area contributed by atoms with Crippen molar-refractivity contribution in [2.24, 2.45) is 5.73 Å². The van der Waals surface area contributed by atoms with E-state index in [2.05, 4.69) is 9.97 Å². The molecular weight excluding hydrogens is 266 g/mol. The van der Waals surface area contributed by atoms with Crippen LogP contribution >= 0.6 is 0 Å². The average molecular weight is 287 g/mol. The third kappa shape index (κ3) is 3.31. The molecule has 2 unspecified atom stereocenters. The molecule has 2 atom stereocenters. The number of hydrogen-bond acceptors (Lipinski definition) is 4. The van der Waals surface area contributed by atoms with Crippen molar-refractivity contribution in [1.82, 2.24) is 9.97 Å². The highest BCUT2D eigenvalue weighted by Gasteiger charge is 2.21. The standard InChI is InChI=1S/C16H21N3O2/c17-12-7-2-1-3-9-14(12)21-10-15-18-13-8-5-4-6-11(13)16(20)19-15/h4-6,8,12,14H,1-3,7,9-10,17H2,(H,18,19,20). The van der Waals surface area contributed by atoms with Gasteiger partial charge in [-0.15, -0.1) is 0 Å². The average Bonchev–Trinajstić information content (AvgIpc) is 2.70. The van der Waals surface area contributed by atoms with Crippen molar-refractivity contribution in [2.75, 3.05) is 0 Å². The summed E-state index contributed by atoms with van der Waals surface area (Å²) in [6.45, 7) is 0.304. The van der Waals surface area contributed by atoms with Gasteiger partial charge >= 0.3 is 0 Å². The highest BCUT2D eigenvalue weighted by molar-refractivity contribution is 5.77. The van der Waals surface area contributed by atoms with Crippen LogP contribution in [0.1, 0.15) is 37.9 Å². The van der Waals surface area contributed by atoms with Gasteiger partial charge in [0.1, 0.15) is 12.4 Å². The molecule has 1 heterocycles. The lowest BCUT2D eigenvalue weighted by Crippen LogP contribution is -2.35. The zero-order valence-corrected chi connectivity index (χ0v) is 12.0. The van der Waals surface area contributed by atoms with E-state index >= 15 is 0 Å². The molecule has 5 nitrogen and oxygen atoms in total. The first-order chi connectivity index (χ1) is 10.2. The third-order valence-corrected chi connectivity index (χ3v) is 4.10. The van der Waals surface area contributed by atoms with Gasteiger partial charge in [0.15, 0.2) is 0 Å². The van der Waals surface area contributed by atoms with Crippen molar-refractivity contribution < 1.29 is 4.74 Å². The Morgan fingerprint density at radius 3 is 2.95 bits per heavy atom. The van der Waals surface area contributed by atoms with Crippen LogP contribution in [0, 0.1) is 0 Å². The quantitative estimate of drug-likeness (QED) is 0.847. The molecule has 21 heavy (non-hydrogen) atoms. The van der Waals surface area contributed by atoms with Gasteiger partial charge in [0.25, 0.3) is 5.56 Å². The van der Waals surface area contributed by atoms with Gasteiger partial charge < -0.3 is 15.5 Å². The first-order valence-corrected chi connectivity index (χ1v) is 7.59. The monoisotopic (exact) mass is 287 g/mol. The molecule has 5 heteroatoms. The molecule has 1 aliphatic rings. The van der Waals surface area contributed by atoms with Crippen LogP contribution in [-0.2, 0) is 11.3 Å². The second-order valence-electron chi connectivity index (χ2n) is 5.68. The first-order valence-electron chi connectivity index (χ1n) is 7.59. The molecule has 1 aromatic carbocycles. The van der Waals surface area contributed by atoms with Crippen LogP contribution in [0.2, 0.25) is 0 Å². The van der Waals surface area contributed by atoms with Crippen LogP contribution in [0.25, 0.3) is 10.9 Å². The van der Waals surface area contributed by atoms with Gasteiger partial charge in [-0.3, -0.25) is 4.79 Å². The minimum Gasteiger partial charge on any atom is -0.369 e. The number of aromatic nitrogens is 2. The molecule has 2 aromatic rings. The molecule has 0 spiro atoms. The maximum absolute atomic E-state index is 12.0. The van der Waals surface area contributed by atoms with Gasteiger partial charge in [-0.1, -0.05) is 31.4 Å². The van der Waals surface area contributed by atoms with Gasteiger partial charge in [-0.25, -0.2) is 4.98 Å². The van der Waals surface area contributed by atoms with Crippen LogP contribution in [0.15, 0.2) is 29.1 Å². The summed E-state index contributed by atoms with van der Waals surface area (Å²) >= 11 is 0. The molecule has 1 aliphatic carbocycles. The summed E-state index contributed by atoms with van der Waals surface area (Å²) in [6, 6.07) is 7.40. The van der Waals surface area contributed by atoms with E-state index in [1.165, 1.54) is 12.8 Å². The smallest absolute Gasteiger partial charge is 0.258 e. The van der Waals surface area contributed by atoms with Crippen molar-refractivity contribution >= 4 is 10.9 Å². The molecule has 0 radical (unpaired) electrons. The highest BCUT2D eigenvalue weighted by atomic mass is 16.5. The van der Waals surface area contributed by atoms with Crippen LogP contribution in [0.3, 0.4) is 0 Å². The van der Waals surface area contributed by atoms with E-state index in [0.29, 0.717) is 23.3 Å². The van der Waals surface area contributed by atoms with Crippen molar-refractivity contribution in [3.63, 3.8) is 0 Å². The van der Waals surface area contributed by atoms with Gasteiger partial charge in [0.05, 0.1) is 17.0 Å². The van der Waals surface area contributed by atoms with Crippen molar-refractivity contribution in [3.05, 3.63) is 40.4 Å². The number of fused-ring (bicyclic) bond motifs is 1. The Hall–Kier alpha value is -1.72. The van der Waals surface area contributed by atoms with E-state index in [9.17, 15) is 4.79 Å². The topological polar surface area (TPSA) is 81.0 Å². The summed E-state index contributed by atoms with van der Waals surface area (Å²) in [5.74, 6) is 0.565. The predicted octanol–water partition coefficient (Wildman–Crippen LogP) is 2.10. The van der Waals surface area contributed by atoms with E-state index in [1.807, 2.05) is 18.2 Å². The summed E-state index contributed by atoms with van der Waals surface area (Å²) in [6.07, 6.45) is 5.60. The fraction of sp³-hybridized carbons (Fsp3) is 0.500. The zero-order valence-electron chi connectivity index (χ0n) is 12.0. The number of para-hydroxylation sites is 1. The summed E-state index contributed by atoms with van der Waals surface area (Å²) in [7, 11) is 0. The number of nitrogens with two attached hydrogens (primary N) is 1. The van der Waals surface area contributed by atoms with Crippen molar-refractivity contribution in [3.8, 4) is 0 Å². The summed E-state index contributed by atoms with van der Waals surface area (Å²) in [5.41, 5.74) is 6.72. The largest absolute Gasteiger partial charge is 0.369 e. The third-order valence-electron chi connectivity index (χ3n) is 4.10. The van der Waals surface area contributed by atoms with Crippen molar-refractivity contribution in [1.29, 1.82) is 0 Å². The maximum Gasteiger partial charge on any atom is 0.258 e. The molecule has 0 saturated heterocycles. The lowest BCUT2D eigenvalue weighted by molar-refractivity contribution is 0.0161. The summed E-state index contributed by atoms with van der Waals surface area (Å²) in [4.78, 5) is 19.2. The normalized spacial score (nSPS) is 23.1. The number of aromatic amines is 1. The van der Waals surface area contributed by atoms with Crippen LogP contribution in [0.4, 0.5) is 0 Å². The Bertz CT molecular complexity index is 668. The SMILES string of the molecule is NC1CCCCCC1OCc1nc2ccccc2c(=O)[nH]1. The number of benzene rings is 1. The Labute approximate surface area is 123 Å². The lowest BCUT2D eigenvalue weighted by Gasteiger charge is -2.21. The predicted molar refractivity (Wildman–Crippen MR) is 82.0 cm³/mol. The molecule has 1 aromatic heterocycles. The van der Waals surface area contributed by atoms with Gasteiger partial charge in [0, 0.05) is 6.04 Å². The number of rotatable bonds is 3. The molecule has 0 aliphatic heterocycles. The molecular formula is C16H21N3O2. The van der Waals surface area contributed by atoms with Crippen LogP contribution in [0.5, 0.6) is 0 Å². The number of hydrogen-bond donors (Lipinski definition) is 2. The molecule has 3 N–H and O–H groups in total. The summed E-state index contributed by atoms with van der Waals surface area (Å²) in [5, 5.41) is 0.604. The zero-order chi connectivity index (χ0) is 14.7. The Morgan fingerprint density at radius 1 is 1.24 bits per heavy atom. The molecule has 0 amide bonds. The fourth-order valence-electron chi connectivity index (χ4n) is 2.90.